The van der Waals surface area contributed by atoms with Gasteiger partial charge in [-0.2, -0.15) is 0 Å². The molecule has 11 heteroatoms. The molecule has 202 valence electrons. The number of nitrogens with zero attached hydrogens (tertiary/aromatic N) is 4. The molecule has 4 aliphatic heterocycles. The summed E-state index contributed by atoms with van der Waals surface area (Å²) in [6.07, 6.45) is 0.377. The van der Waals surface area contributed by atoms with Crippen LogP contribution in [-0.4, -0.2) is 102 Å². The molecule has 3 amide bonds. The monoisotopic (exact) mass is 530 g/mol. The smallest absolute Gasteiger partial charge is 0.253 e. The predicted octanol–water partition coefficient (Wildman–Crippen LogP) is 0.860. The van der Waals surface area contributed by atoms with Gasteiger partial charge in [-0.3, -0.25) is 19.8 Å². The summed E-state index contributed by atoms with van der Waals surface area (Å²) in [6, 6.07) is 12.4. The van der Waals surface area contributed by atoms with Crippen LogP contribution < -0.4 is 14.9 Å². The SMILES string of the molecule is CN1CCN(NC(=O)CN2CC(=O)N3[C@H](c4ccc5c(c4)OCO5)c4[nH]c5ccccc5c4C[C@@H]3C2=O)CC1. The Labute approximate surface area is 225 Å². The molecule has 2 atom stereocenters. The second-order valence-electron chi connectivity index (χ2n) is 10.6. The lowest BCUT2D eigenvalue weighted by molar-refractivity contribution is -0.160. The number of likely N-dealkylation sites (N-methyl/N-ethyl adjacent to an activating group) is 1. The van der Waals surface area contributed by atoms with Crippen molar-refractivity contribution < 1.29 is 23.9 Å². The first-order valence-electron chi connectivity index (χ1n) is 13.3. The second kappa shape index (κ2) is 9.28. The van der Waals surface area contributed by atoms with Crippen LogP contribution in [0.25, 0.3) is 10.9 Å². The maximum Gasteiger partial charge on any atom is 0.253 e. The first-order valence-corrected chi connectivity index (χ1v) is 13.3. The van der Waals surface area contributed by atoms with Crippen molar-refractivity contribution in [2.24, 2.45) is 0 Å². The van der Waals surface area contributed by atoms with Crippen LogP contribution >= 0.6 is 0 Å². The molecule has 7 rings (SSSR count). The van der Waals surface area contributed by atoms with Crippen LogP contribution in [0.5, 0.6) is 11.5 Å². The van der Waals surface area contributed by atoms with Crippen molar-refractivity contribution in [1.29, 1.82) is 0 Å². The van der Waals surface area contributed by atoms with E-state index >= 15 is 0 Å². The highest BCUT2D eigenvalue weighted by Crippen LogP contribution is 2.44. The molecule has 2 N–H and O–H groups in total. The molecule has 2 aromatic carbocycles. The topological polar surface area (TPSA) is 110 Å². The molecule has 0 radical (unpaired) electrons. The number of rotatable bonds is 4. The van der Waals surface area contributed by atoms with E-state index in [1.54, 1.807) is 4.90 Å². The van der Waals surface area contributed by atoms with E-state index in [1.165, 1.54) is 4.90 Å². The van der Waals surface area contributed by atoms with E-state index in [0.29, 0.717) is 31.0 Å². The number of carbonyl (C=O) groups excluding carboxylic acids is 3. The Bertz CT molecular complexity index is 1480. The van der Waals surface area contributed by atoms with Crippen LogP contribution in [0.1, 0.15) is 22.9 Å². The number of piperazine rings is 2. The minimum atomic E-state index is -0.718. The van der Waals surface area contributed by atoms with E-state index in [1.807, 2.05) is 54.5 Å². The highest BCUT2D eigenvalue weighted by molar-refractivity contribution is 5.99. The fourth-order valence-electron chi connectivity index (χ4n) is 6.19. The summed E-state index contributed by atoms with van der Waals surface area (Å²) in [7, 11) is 2.04. The number of fused-ring (bicyclic) bond motifs is 5. The van der Waals surface area contributed by atoms with E-state index in [4.69, 9.17) is 9.47 Å². The quantitative estimate of drug-likeness (QED) is 0.515. The van der Waals surface area contributed by atoms with Crippen molar-refractivity contribution in [2.75, 3.05) is 53.1 Å². The lowest BCUT2D eigenvalue weighted by Gasteiger charge is -2.47. The van der Waals surface area contributed by atoms with Gasteiger partial charge in [-0.05, 0) is 36.4 Å². The van der Waals surface area contributed by atoms with Gasteiger partial charge in [0.25, 0.3) is 5.91 Å². The van der Waals surface area contributed by atoms with Gasteiger partial charge in [0.2, 0.25) is 18.6 Å². The van der Waals surface area contributed by atoms with Crippen LogP contribution in [-0.2, 0) is 20.8 Å². The Kier molecular flexibility index (Phi) is 5.71. The van der Waals surface area contributed by atoms with E-state index in [9.17, 15) is 14.4 Å². The molecule has 0 saturated carbocycles. The number of hydrogen-bond donors (Lipinski definition) is 2. The van der Waals surface area contributed by atoms with Crippen LogP contribution in [0, 0.1) is 0 Å². The second-order valence-corrected chi connectivity index (χ2v) is 10.6. The Morgan fingerprint density at radius 3 is 2.69 bits per heavy atom. The number of carbonyl (C=O) groups is 3. The van der Waals surface area contributed by atoms with Gasteiger partial charge in [0.05, 0.1) is 6.04 Å². The normalized spacial score (nSPS) is 23.2. The fraction of sp³-hybridized carbons (Fsp3) is 0.393. The first kappa shape index (κ1) is 24.0. The fourth-order valence-corrected chi connectivity index (χ4v) is 6.19. The molecule has 0 aliphatic carbocycles. The van der Waals surface area contributed by atoms with Crippen molar-refractivity contribution >= 4 is 28.6 Å². The third-order valence-electron chi connectivity index (χ3n) is 8.18. The molecule has 39 heavy (non-hydrogen) atoms. The summed E-state index contributed by atoms with van der Waals surface area (Å²) in [5.41, 5.74) is 6.60. The number of benzene rings is 2. The largest absolute Gasteiger partial charge is 0.454 e. The number of nitrogens with one attached hydrogen (secondary N) is 2. The molecule has 0 bridgehead atoms. The number of ether oxygens (including phenoxy) is 2. The van der Waals surface area contributed by atoms with Gasteiger partial charge in [0, 0.05) is 49.2 Å². The number of para-hydroxylation sites is 1. The summed E-state index contributed by atoms with van der Waals surface area (Å²) in [4.78, 5) is 49.3. The van der Waals surface area contributed by atoms with E-state index in [0.717, 1.165) is 40.8 Å². The molecule has 5 heterocycles. The van der Waals surface area contributed by atoms with Gasteiger partial charge < -0.3 is 29.2 Å². The molecule has 1 aromatic heterocycles. The van der Waals surface area contributed by atoms with Crippen molar-refractivity contribution in [3.8, 4) is 11.5 Å². The summed E-state index contributed by atoms with van der Waals surface area (Å²) in [6.45, 7) is 2.98. The highest BCUT2D eigenvalue weighted by Gasteiger charge is 2.48. The Morgan fingerprint density at radius 2 is 1.85 bits per heavy atom. The zero-order valence-corrected chi connectivity index (χ0v) is 21.7. The predicted molar refractivity (Wildman–Crippen MR) is 141 cm³/mol. The van der Waals surface area contributed by atoms with Gasteiger partial charge in [0.15, 0.2) is 11.5 Å². The number of aromatic nitrogens is 1. The van der Waals surface area contributed by atoms with Crippen LogP contribution in [0.2, 0.25) is 0 Å². The van der Waals surface area contributed by atoms with Gasteiger partial charge in [-0.25, -0.2) is 5.01 Å². The van der Waals surface area contributed by atoms with Crippen LogP contribution in [0.15, 0.2) is 42.5 Å². The third-order valence-corrected chi connectivity index (χ3v) is 8.18. The van der Waals surface area contributed by atoms with E-state index in [2.05, 4.69) is 15.3 Å². The Morgan fingerprint density at radius 1 is 1.05 bits per heavy atom. The summed E-state index contributed by atoms with van der Waals surface area (Å²) in [5.74, 6) is 0.570. The highest BCUT2D eigenvalue weighted by atomic mass is 16.7. The molecule has 11 nitrogen and oxygen atoms in total. The maximum atomic E-state index is 13.9. The summed E-state index contributed by atoms with van der Waals surface area (Å²) < 4.78 is 11.1. The van der Waals surface area contributed by atoms with E-state index < -0.39 is 12.1 Å². The number of H-pyrrole nitrogens is 1. The Balaban J connectivity index is 1.21. The average Bonchev–Trinajstić information content (AvgIpc) is 3.56. The van der Waals surface area contributed by atoms with Gasteiger partial charge in [0.1, 0.15) is 19.1 Å². The first-order chi connectivity index (χ1) is 19.0. The number of hydrazine groups is 1. The minimum Gasteiger partial charge on any atom is -0.454 e. The van der Waals surface area contributed by atoms with E-state index in [-0.39, 0.29) is 37.6 Å². The zero-order chi connectivity index (χ0) is 26.7. The molecule has 0 unspecified atom stereocenters. The third kappa shape index (κ3) is 4.09. The lowest BCUT2D eigenvalue weighted by Crippen LogP contribution is -2.64. The molecule has 2 fully saturated rings. The van der Waals surface area contributed by atoms with Crippen molar-refractivity contribution in [1.82, 2.24) is 30.1 Å². The molecular weight excluding hydrogens is 500 g/mol. The summed E-state index contributed by atoms with van der Waals surface area (Å²) >= 11 is 0. The maximum absolute atomic E-state index is 13.9. The summed E-state index contributed by atoms with van der Waals surface area (Å²) in [5, 5.41) is 2.91. The molecule has 3 aromatic rings. The van der Waals surface area contributed by atoms with Crippen LogP contribution in [0.4, 0.5) is 0 Å². The van der Waals surface area contributed by atoms with Crippen molar-refractivity contribution in [2.45, 2.75) is 18.5 Å². The molecule has 4 aliphatic rings. The molecule has 0 spiro atoms. The number of aromatic amines is 1. The number of hydrogen-bond acceptors (Lipinski definition) is 7. The molecule has 2 saturated heterocycles. The standard InChI is InChI=1S/C28H30N6O5/c1-31-8-10-33(11-9-31)30-24(35)14-32-15-25(36)34-21(28(32)37)13-19-18-4-2-3-5-20(18)29-26(19)27(34)17-6-7-22-23(12-17)39-16-38-22/h2-7,12,21,27,29H,8-11,13-16H2,1H3,(H,30,35)/t21-,27-/m1/s1. The zero-order valence-electron chi connectivity index (χ0n) is 21.7. The van der Waals surface area contributed by atoms with Gasteiger partial charge >= 0.3 is 0 Å². The number of amides is 3. The lowest BCUT2D eigenvalue weighted by atomic mass is 9.86. The van der Waals surface area contributed by atoms with Crippen molar-refractivity contribution in [3.63, 3.8) is 0 Å². The van der Waals surface area contributed by atoms with Gasteiger partial charge in [-0.15, -0.1) is 0 Å². The minimum absolute atomic E-state index is 0.149. The van der Waals surface area contributed by atoms with Gasteiger partial charge in [-0.1, -0.05) is 24.3 Å². The van der Waals surface area contributed by atoms with Crippen molar-refractivity contribution in [3.05, 3.63) is 59.3 Å². The van der Waals surface area contributed by atoms with Crippen LogP contribution in [0.3, 0.4) is 0 Å². The average molecular weight is 531 g/mol. The molecular formula is C28H30N6O5. The Hall–Kier alpha value is -4.09.